The summed E-state index contributed by atoms with van der Waals surface area (Å²) in [4.78, 5) is 20.3. The minimum Gasteiger partial charge on any atom is -0.295 e. The molecule has 0 saturated carbocycles. The Morgan fingerprint density at radius 3 is 3.05 bits per heavy atom. The van der Waals surface area contributed by atoms with Crippen molar-refractivity contribution >= 4 is 23.6 Å². The van der Waals surface area contributed by atoms with Gasteiger partial charge in [-0.05, 0) is 24.5 Å². The second-order valence-electron chi connectivity index (χ2n) is 4.12. The standard InChI is InChI=1S/C13H12N6OS/c1-21-13-14-5-6-19(13)10-4-2-3-9(7-10)11(20)17-12-15-8-16-18-12/h2-8H,1H3,(H2,15,16,17,18,20). The lowest BCUT2D eigenvalue weighted by Gasteiger charge is -2.08. The highest BCUT2D eigenvalue weighted by molar-refractivity contribution is 7.98. The van der Waals surface area contributed by atoms with E-state index in [9.17, 15) is 4.79 Å². The molecule has 106 valence electrons. The molecular formula is C13H12N6OS. The van der Waals surface area contributed by atoms with Crippen LogP contribution in [0.4, 0.5) is 5.95 Å². The monoisotopic (exact) mass is 300 g/mol. The van der Waals surface area contributed by atoms with Gasteiger partial charge in [0.1, 0.15) is 6.33 Å². The van der Waals surface area contributed by atoms with E-state index in [-0.39, 0.29) is 5.91 Å². The highest BCUT2D eigenvalue weighted by Crippen LogP contribution is 2.19. The summed E-state index contributed by atoms with van der Waals surface area (Å²) in [7, 11) is 0. The Morgan fingerprint density at radius 1 is 1.38 bits per heavy atom. The number of thioether (sulfide) groups is 1. The highest BCUT2D eigenvalue weighted by Gasteiger charge is 2.10. The number of aromatic amines is 1. The average molecular weight is 300 g/mol. The number of rotatable bonds is 4. The van der Waals surface area contributed by atoms with Gasteiger partial charge in [-0.1, -0.05) is 17.8 Å². The first-order valence-electron chi connectivity index (χ1n) is 6.12. The van der Waals surface area contributed by atoms with Crippen molar-refractivity contribution in [3.05, 3.63) is 48.5 Å². The second kappa shape index (κ2) is 5.80. The number of benzene rings is 1. The minimum absolute atomic E-state index is 0.251. The Hall–Kier alpha value is -2.61. The highest BCUT2D eigenvalue weighted by atomic mass is 32.2. The maximum atomic E-state index is 12.2. The van der Waals surface area contributed by atoms with Gasteiger partial charge in [-0.15, -0.1) is 0 Å². The molecule has 0 saturated heterocycles. The number of hydrogen-bond acceptors (Lipinski definition) is 5. The first kappa shape index (κ1) is 13.4. The Labute approximate surface area is 124 Å². The predicted molar refractivity (Wildman–Crippen MR) is 79.7 cm³/mol. The molecule has 2 aromatic heterocycles. The van der Waals surface area contributed by atoms with Crippen LogP contribution in [0.2, 0.25) is 0 Å². The SMILES string of the molecule is CSc1nccn1-c1cccc(C(=O)Nc2ncn[nH]2)c1. The maximum Gasteiger partial charge on any atom is 0.258 e. The molecule has 1 aromatic carbocycles. The molecule has 0 unspecified atom stereocenters. The van der Waals surface area contributed by atoms with E-state index >= 15 is 0 Å². The average Bonchev–Trinajstić information content (AvgIpc) is 3.18. The zero-order valence-electron chi connectivity index (χ0n) is 11.1. The van der Waals surface area contributed by atoms with Gasteiger partial charge in [-0.25, -0.2) is 10.1 Å². The zero-order valence-corrected chi connectivity index (χ0v) is 12.0. The van der Waals surface area contributed by atoms with Crippen LogP contribution in [-0.4, -0.2) is 36.9 Å². The van der Waals surface area contributed by atoms with Gasteiger partial charge in [0.05, 0.1) is 0 Å². The van der Waals surface area contributed by atoms with Crippen LogP contribution in [0.15, 0.2) is 48.1 Å². The summed E-state index contributed by atoms with van der Waals surface area (Å²) in [6.07, 6.45) is 6.88. The fourth-order valence-electron chi connectivity index (χ4n) is 1.88. The van der Waals surface area contributed by atoms with E-state index in [0.29, 0.717) is 11.5 Å². The van der Waals surface area contributed by atoms with E-state index in [1.165, 1.54) is 6.33 Å². The molecule has 0 aliphatic rings. The first-order chi connectivity index (χ1) is 10.3. The molecule has 0 spiro atoms. The Balaban J connectivity index is 1.88. The van der Waals surface area contributed by atoms with Crippen LogP contribution in [0, 0.1) is 0 Å². The van der Waals surface area contributed by atoms with Crippen molar-refractivity contribution < 1.29 is 4.79 Å². The number of nitrogens with one attached hydrogen (secondary N) is 2. The second-order valence-corrected chi connectivity index (χ2v) is 4.90. The lowest BCUT2D eigenvalue weighted by atomic mass is 10.2. The summed E-state index contributed by atoms with van der Waals surface area (Å²) in [5.74, 6) is 0.0669. The van der Waals surface area contributed by atoms with Crippen LogP contribution >= 0.6 is 11.8 Å². The number of anilines is 1. The summed E-state index contributed by atoms with van der Waals surface area (Å²) in [6, 6.07) is 7.29. The molecule has 3 rings (SSSR count). The van der Waals surface area contributed by atoms with Gasteiger partial charge in [0.25, 0.3) is 5.91 Å². The molecule has 1 amide bonds. The fourth-order valence-corrected chi connectivity index (χ4v) is 2.41. The van der Waals surface area contributed by atoms with Gasteiger partial charge in [0.2, 0.25) is 5.95 Å². The first-order valence-corrected chi connectivity index (χ1v) is 7.35. The Kier molecular flexibility index (Phi) is 3.69. The summed E-state index contributed by atoms with van der Waals surface area (Å²) < 4.78 is 1.93. The Morgan fingerprint density at radius 2 is 2.29 bits per heavy atom. The number of hydrogen-bond donors (Lipinski definition) is 2. The predicted octanol–water partition coefficient (Wildman–Crippen LogP) is 1.96. The molecule has 7 nitrogen and oxygen atoms in total. The van der Waals surface area contributed by atoms with E-state index in [0.717, 1.165) is 10.8 Å². The molecule has 2 N–H and O–H groups in total. The smallest absolute Gasteiger partial charge is 0.258 e. The van der Waals surface area contributed by atoms with Crippen molar-refractivity contribution in [3.8, 4) is 5.69 Å². The summed E-state index contributed by atoms with van der Waals surface area (Å²) in [5, 5.41) is 9.78. The number of imidazole rings is 1. The van der Waals surface area contributed by atoms with E-state index in [4.69, 9.17) is 0 Å². The van der Waals surface area contributed by atoms with Crippen molar-refractivity contribution in [2.45, 2.75) is 5.16 Å². The van der Waals surface area contributed by atoms with Gasteiger partial charge >= 0.3 is 0 Å². The van der Waals surface area contributed by atoms with E-state index in [2.05, 4.69) is 25.5 Å². The van der Waals surface area contributed by atoms with Crippen molar-refractivity contribution in [3.63, 3.8) is 0 Å². The molecule has 0 aliphatic heterocycles. The molecule has 0 aliphatic carbocycles. The van der Waals surface area contributed by atoms with Crippen LogP contribution in [0.25, 0.3) is 5.69 Å². The number of H-pyrrole nitrogens is 1. The van der Waals surface area contributed by atoms with E-state index in [1.807, 2.05) is 29.2 Å². The number of aromatic nitrogens is 5. The maximum absolute atomic E-state index is 12.2. The van der Waals surface area contributed by atoms with E-state index < -0.39 is 0 Å². The molecule has 0 atom stereocenters. The lowest BCUT2D eigenvalue weighted by Crippen LogP contribution is -2.13. The largest absolute Gasteiger partial charge is 0.295 e. The Bertz CT molecular complexity index is 752. The van der Waals surface area contributed by atoms with E-state index in [1.54, 1.807) is 30.1 Å². The van der Waals surface area contributed by atoms with Gasteiger partial charge in [0, 0.05) is 23.6 Å². The van der Waals surface area contributed by atoms with Gasteiger partial charge in [-0.2, -0.15) is 10.1 Å². The molecule has 0 fully saturated rings. The lowest BCUT2D eigenvalue weighted by molar-refractivity contribution is 0.102. The third-order valence-electron chi connectivity index (χ3n) is 2.82. The molecule has 2 heterocycles. The molecule has 3 aromatic rings. The molecular weight excluding hydrogens is 288 g/mol. The van der Waals surface area contributed by atoms with Crippen LogP contribution in [0.5, 0.6) is 0 Å². The van der Waals surface area contributed by atoms with Gasteiger partial charge in [0.15, 0.2) is 5.16 Å². The number of carbonyl (C=O) groups excluding carboxylic acids is 1. The van der Waals surface area contributed by atoms with Gasteiger partial charge < -0.3 is 0 Å². The minimum atomic E-state index is -0.251. The van der Waals surface area contributed by atoms with Crippen LogP contribution in [0.3, 0.4) is 0 Å². The van der Waals surface area contributed by atoms with Crippen LogP contribution in [-0.2, 0) is 0 Å². The number of carbonyl (C=O) groups is 1. The molecule has 21 heavy (non-hydrogen) atoms. The molecule has 8 heteroatoms. The van der Waals surface area contributed by atoms with Crippen LogP contribution < -0.4 is 5.32 Å². The number of nitrogens with zero attached hydrogens (tertiary/aromatic N) is 4. The number of amides is 1. The quantitative estimate of drug-likeness (QED) is 0.719. The van der Waals surface area contributed by atoms with Crippen molar-refractivity contribution in [2.24, 2.45) is 0 Å². The zero-order chi connectivity index (χ0) is 14.7. The van der Waals surface area contributed by atoms with Crippen molar-refractivity contribution in [2.75, 3.05) is 11.6 Å². The topological polar surface area (TPSA) is 88.5 Å². The molecule has 0 bridgehead atoms. The van der Waals surface area contributed by atoms with Crippen LogP contribution in [0.1, 0.15) is 10.4 Å². The third kappa shape index (κ3) is 2.79. The molecule has 0 radical (unpaired) electrons. The van der Waals surface area contributed by atoms with Crippen molar-refractivity contribution in [1.29, 1.82) is 0 Å². The van der Waals surface area contributed by atoms with Crippen molar-refractivity contribution in [1.82, 2.24) is 24.7 Å². The summed E-state index contributed by atoms with van der Waals surface area (Å²) in [5.41, 5.74) is 1.41. The third-order valence-corrected chi connectivity index (χ3v) is 3.49. The summed E-state index contributed by atoms with van der Waals surface area (Å²) >= 11 is 1.54. The van der Waals surface area contributed by atoms with Gasteiger partial charge in [-0.3, -0.25) is 14.7 Å². The fraction of sp³-hybridized carbons (Fsp3) is 0.0769. The summed E-state index contributed by atoms with van der Waals surface area (Å²) in [6.45, 7) is 0. The normalized spacial score (nSPS) is 10.5.